The molecule has 0 heterocycles. The highest BCUT2D eigenvalue weighted by Gasteiger charge is 2.37. The maximum atomic E-state index is 15.4. The van der Waals surface area contributed by atoms with Crippen LogP contribution in [0.25, 0.3) is 11.1 Å². The molecule has 5 heteroatoms. The molecule has 0 aromatic heterocycles. The molecule has 0 nitrogen and oxygen atoms in total. The summed E-state index contributed by atoms with van der Waals surface area (Å²) in [7, 11) is 0. The van der Waals surface area contributed by atoms with E-state index in [2.05, 4.69) is 19.1 Å². The maximum absolute atomic E-state index is 15.4. The number of fused-ring (bicyclic) bond motifs is 3. The van der Waals surface area contributed by atoms with E-state index in [0.29, 0.717) is 23.8 Å². The van der Waals surface area contributed by atoms with E-state index in [1.807, 2.05) is 0 Å². The molecule has 166 valence electrons. The number of hydrogen-bond donors (Lipinski definition) is 0. The van der Waals surface area contributed by atoms with E-state index in [0.717, 1.165) is 68.4 Å². The first-order valence-corrected chi connectivity index (χ1v) is 11.1. The highest BCUT2D eigenvalue weighted by molar-refractivity contribution is 5.67. The molecule has 0 saturated heterocycles. The minimum absolute atomic E-state index is 0.137. The van der Waals surface area contributed by atoms with Crippen LogP contribution in [0.4, 0.5) is 22.0 Å². The minimum Gasteiger partial charge on any atom is -0.206 e. The van der Waals surface area contributed by atoms with Gasteiger partial charge in [0.25, 0.3) is 0 Å². The van der Waals surface area contributed by atoms with Crippen molar-refractivity contribution < 1.29 is 22.0 Å². The SMILES string of the molecule is CCC/C=C/C1CCC2c3cc(F)c(-c4ccc(C(F)(F)F)cc4)c(F)c3CCC2C1. The van der Waals surface area contributed by atoms with Gasteiger partial charge in [0.15, 0.2) is 0 Å². The van der Waals surface area contributed by atoms with Crippen molar-refractivity contribution in [1.82, 2.24) is 0 Å². The second kappa shape index (κ2) is 8.76. The Hall–Kier alpha value is -2.17. The van der Waals surface area contributed by atoms with Crippen molar-refractivity contribution in [3.05, 3.63) is 70.8 Å². The summed E-state index contributed by atoms with van der Waals surface area (Å²) >= 11 is 0. The molecule has 0 N–H and O–H groups in total. The lowest BCUT2D eigenvalue weighted by molar-refractivity contribution is -0.137. The highest BCUT2D eigenvalue weighted by atomic mass is 19.4. The van der Waals surface area contributed by atoms with Crippen molar-refractivity contribution in [2.45, 2.75) is 64.0 Å². The van der Waals surface area contributed by atoms with E-state index in [1.54, 1.807) is 0 Å². The zero-order chi connectivity index (χ0) is 22.2. The third-order valence-corrected chi connectivity index (χ3v) is 6.91. The van der Waals surface area contributed by atoms with Crippen molar-refractivity contribution in [3.8, 4) is 11.1 Å². The van der Waals surface area contributed by atoms with Crippen LogP contribution in [0.5, 0.6) is 0 Å². The largest absolute Gasteiger partial charge is 0.416 e. The molecular formula is C26H27F5. The van der Waals surface area contributed by atoms with E-state index in [-0.39, 0.29) is 17.0 Å². The van der Waals surface area contributed by atoms with Crippen molar-refractivity contribution in [2.75, 3.05) is 0 Å². The normalized spacial score (nSPS) is 23.6. The number of allylic oxidation sites excluding steroid dienone is 2. The molecule has 3 atom stereocenters. The van der Waals surface area contributed by atoms with Crippen molar-refractivity contribution in [2.24, 2.45) is 11.8 Å². The molecule has 4 rings (SSSR count). The van der Waals surface area contributed by atoms with Crippen molar-refractivity contribution in [1.29, 1.82) is 0 Å². The second-order valence-corrected chi connectivity index (χ2v) is 8.89. The van der Waals surface area contributed by atoms with E-state index in [1.165, 1.54) is 6.07 Å². The van der Waals surface area contributed by atoms with Gasteiger partial charge in [-0.1, -0.05) is 37.6 Å². The lowest BCUT2D eigenvalue weighted by Gasteiger charge is -2.40. The Morgan fingerprint density at radius 2 is 1.77 bits per heavy atom. The third kappa shape index (κ3) is 4.42. The van der Waals surface area contributed by atoms with Crippen LogP contribution in [0.2, 0.25) is 0 Å². The fourth-order valence-corrected chi connectivity index (χ4v) is 5.34. The van der Waals surface area contributed by atoms with Crippen LogP contribution in [-0.4, -0.2) is 0 Å². The lowest BCUT2D eigenvalue weighted by Crippen LogP contribution is -2.28. The van der Waals surface area contributed by atoms with Gasteiger partial charge in [0.05, 0.1) is 11.1 Å². The fraction of sp³-hybridized carbons (Fsp3) is 0.462. The molecule has 0 bridgehead atoms. The average molecular weight is 434 g/mol. The van der Waals surface area contributed by atoms with Crippen LogP contribution >= 0.6 is 0 Å². The third-order valence-electron chi connectivity index (χ3n) is 6.91. The van der Waals surface area contributed by atoms with Gasteiger partial charge in [-0.2, -0.15) is 13.2 Å². The monoisotopic (exact) mass is 434 g/mol. The summed E-state index contributed by atoms with van der Waals surface area (Å²) < 4.78 is 68.9. The van der Waals surface area contributed by atoms with Crippen LogP contribution in [-0.2, 0) is 12.6 Å². The number of rotatable bonds is 4. The predicted octanol–water partition coefficient (Wildman–Crippen LogP) is 8.45. The summed E-state index contributed by atoms with van der Waals surface area (Å²) in [6.07, 6.45) is 6.67. The molecule has 31 heavy (non-hydrogen) atoms. The summed E-state index contributed by atoms with van der Waals surface area (Å²) in [6, 6.07) is 5.48. The Balaban J connectivity index is 1.61. The van der Waals surface area contributed by atoms with Gasteiger partial charge in [-0.05, 0) is 91.2 Å². The Morgan fingerprint density at radius 1 is 1.03 bits per heavy atom. The fourth-order valence-electron chi connectivity index (χ4n) is 5.34. The minimum atomic E-state index is -4.48. The van der Waals surface area contributed by atoms with Gasteiger partial charge in [-0.3, -0.25) is 0 Å². The van der Waals surface area contributed by atoms with Gasteiger partial charge < -0.3 is 0 Å². The number of alkyl halides is 3. The smallest absolute Gasteiger partial charge is 0.206 e. The number of hydrogen-bond acceptors (Lipinski definition) is 0. The highest BCUT2D eigenvalue weighted by Crippen LogP contribution is 2.49. The standard InChI is InChI=1S/C26H27F5/c1-2-3-4-5-16-6-12-20-18(14-16)9-13-21-22(20)15-23(27)24(25(21)28)17-7-10-19(11-8-17)26(29,30)31/h4-5,7-8,10-11,15-16,18,20H,2-3,6,9,12-14H2,1H3/b5-4+. The van der Waals surface area contributed by atoms with Gasteiger partial charge in [0.2, 0.25) is 0 Å². The summed E-state index contributed by atoms with van der Waals surface area (Å²) in [5.41, 5.74) is 0.387. The first-order chi connectivity index (χ1) is 14.8. The summed E-state index contributed by atoms with van der Waals surface area (Å²) in [4.78, 5) is 0. The quantitative estimate of drug-likeness (QED) is 0.334. The predicted molar refractivity (Wildman–Crippen MR) is 113 cm³/mol. The molecule has 0 aliphatic heterocycles. The molecule has 3 unspecified atom stereocenters. The lowest BCUT2D eigenvalue weighted by atomic mass is 9.65. The second-order valence-electron chi connectivity index (χ2n) is 8.89. The zero-order valence-corrected chi connectivity index (χ0v) is 17.6. The summed E-state index contributed by atoms with van der Waals surface area (Å²) in [5, 5.41) is 0. The van der Waals surface area contributed by atoms with E-state index < -0.39 is 23.4 Å². The Bertz CT molecular complexity index is 955. The van der Waals surface area contributed by atoms with Crippen LogP contribution in [0.3, 0.4) is 0 Å². The van der Waals surface area contributed by atoms with Gasteiger partial charge in [0.1, 0.15) is 11.6 Å². The van der Waals surface area contributed by atoms with E-state index >= 15 is 8.78 Å². The van der Waals surface area contributed by atoms with E-state index in [4.69, 9.17) is 0 Å². The number of benzene rings is 2. The molecule has 2 aliphatic rings. The van der Waals surface area contributed by atoms with Crippen LogP contribution < -0.4 is 0 Å². The molecule has 0 spiro atoms. The molecule has 2 aromatic carbocycles. The first-order valence-electron chi connectivity index (χ1n) is 11.1. The molecule has 2 aromatic rings. The zero-order valence-electron chi connectivity index (χ0n) is 17.6. The van der Waals surface area contributed by atoms with Gasteiger partial charge >= 0.3 is 6.18 Å². The van der Waals surface area contributed by atoms with Gasteiger partial charge in [-0.25, -0.2) is 8.78 Å². The maximum Gasteiger partial charge on any atom is 0.416 e. The van der Waals surface area contributed by atoms with Crippen LogP contribution in [0.1, 0.15) is 68.1 Å². The summed E-state index contributed by atoms with van der Waals surface area (Å²) in [5.74, 6) is -0.186. The molecule has 1 saturated carbocycles. The van der Waals surface area contributed by atoms with Crippen LogP contribution in [0.15, 0.2) is 42.5 Å². The molecule has 2 aliphatic carbocycles. The van der Waals surface area contributed by atoms with E-state index in [9.17, 15) is 13.2 Å². The Kier molecular flexibility index (Phi) is 6.23. The number of halogens is 5. The van der Waals surface area contributed by atoms with Crippen molar-refractivity contribution in [3.63, 3.8) is 0 Å². The van der Waals surface area contributed by atoms with Crippen LogP contribution in [0, 0.1) is 23.5 Å². The first kappa shape index (κ1) is 22.0. The van der Waals surface area contributed by atoms with Crippen molar-refractivity contribution >= 4 is 0 Å². The number of unbranched alkanes of at least 4 members (excludes halogenated alkanes) is 1. The van der Waals surface area contributed by atoms with Gasteiger partial charge in [-0.15, -0.1) is 0 Å². The summed E-state index contributed by atoms with van der Waals surface area (Å²) in [6.45, 7) is 2.15. The topological polar surface area (TPSA) is 0 Å². The molecule has 1 fully saturated rings. The van der Waals surface area contributed by atoms with Gasteiger partial charge in [0, 0.05) is 0 Å². The molecule has 0 amide bonds. The molecular weight excluding hydrogens is 407 g/mol. The average Bonchev–Trinajstić information content (AvgIpc) is 2.73. The Labute approximate surface area is 180 Å². The molecule has 0 radical (unpaired) electrons. The Morgan fingerprint density at radius 3 is 2.45 bits per heavy atom.